The number of nitrogens with one attached hydrogen (secondary N) is 1. The molecule has 2 N–H and O–H groups in total. The maximum Gasteiger partial charge on any atom is 0.253 e. The first-order chi connectivity index (χ1) is 12.1. The van der Waals surface area contributed by atoms with E-state index < -0.39 is 6.04 Å². The van der Waals surface area contributed by atoms with Crippen LogP contribution >= 0.6 is 0 Å². The van der Waals surface area contributed by atoms with Crippen molar-refractivity contribution in [2.75, 3.05) is 6.61 Å². The number of aliphatic hydroxyl groups is 1. The third kappa shape index (κ3) is 3.85. The molecular formula is C19H22N4O2. The molecule has 0 spiro atoms. The van der Waals surface area contributed by atoms with Crippen LogP contribution in [0, 0.1) is 5.92 Å². The highest BCUT2D eigenvalue weighted by atomic mass is 16.3. The van der Waals surface area contributed by atoms with E-state index in [9.17, 15) is 9.90 Å². The summed E-state index contributed by atoms with van der Waals surface area (Å²) in [5.74, 6) is 0.193. The monoisotopic (exact) mass is 338 g/mol. The minimum Gasteiger partial charge on any atom is -0.394 e. The zero-order valence-electron chi connectivity index (χ0n) is 14.4. The van der Waals surface area contributed by atoms with E-state index in [4.69, 9.17) is 0 Å². The quantitative estimate of drug-likeness (QED) is 0.724. The molecule has 0 bridgehead atoms. The number of rotatable bonds is 6. The maximum absolute atomic E-state index is 12.5. The van der Waals surface area contributed by atoms with Gasteiger partial charge in [-0.05, 0) is 17.5 Å². The summed E-state index contributed by atoms with van der Waals surface area (Å²) in [5, 5.41) is 17.6. The van der Waals surface area contributed by atoms with Gasteiger partial charge in [-0.3, -0.25) is 4.79 Å². The molecule has 0 aliphatic carbocycles. The van der Waals surface area contributed by atoms with Crippen LogP contribution in [0.3, 0.4) is 0 Å². The highest BCUT2D eigenvalue weighted by Crippen LogP contribution is 2.16. The molecule has 0 aliphatic rings. The molecule has 1 aromatic carbocycles. The Hall–Kier alpha value is -2.73. The summed E-state index contributed by atoms with van der Waals surface area (Å²) in [7, 11) is 0. The first kappa shape index (κ1) is 17.1. The van der Waals surface area contributed by atoms with Gasteiger partial charge in [0.05, 0.1) is 24.4 Å². The third-order valence-electron chi connectivity index (χ3n) is 3.97. The molecule has 1 amide bonds. The fourth-order valence-corrected chi connectivity index (χ4v) is 2.74. The van der Waals surface area contributed by atoms with E-state index in [1.54, 1.807) is 18.5 Å². The van der Waals surface area contributed by atoms with E-state index in [1.807, 2.05) is 35.0 Å². The summed E-state index contributed by atoms with van der Waals surface area (Å²) in [6.45, 7) is 4.85. The van der Waals surface area contributed by atoms with Crippen LogP contribution in [0.5, 0.6) is 0 Å². The van der Waals surface area contributed by atoms with Crippen molar-refractivity contribution < 1.29 is 9.90 Å². The van der Waals surface area contributed by atoms with Crippen molar-refractivity contribution in [1.82, 2.24) is 20.1 Å². The summed E-state index contributed by atoms with van der Waals surface area (Å²) in [6.07, 6.45) is 3.28. The van der Waals surface area contributed by atoms with Crippen molar-refractivity contribution in [2.24, 2.45) is 5.92 Å². The summed E-state index contributed by atoms with van der Waals surface area (Å²) in [4.78, 5) is 16.9. The van der Waals surface area contributed by atoms with Crippen LogP contribution in [-0.2, 0) is 6.54 Å². The lowest BCUT2D eigenvalue weighted by molar-refractivity contribution is 0.0916. The van der Waals surface area contributed by atoms with Gasteiger partial charge in [0.25, 0.3) is 5.91 Å². The van der Waals surface area contributed by atoms with Gasteiger partial charge >= 0.3 is 0 Å². The van der Waals surface area contributed by atoms with Gasteiger partial charge in [0.1, 0.15) is 0 Å². The van der Waals surface area contributed by atoms with Crippen molar-refractivity contribution in [1.29, 1.82) is 0 Å². The minimum absolute atomic E-state index is 0.169. The lowest BCUT2D eigenvalue weighted by Gasteiger charge is -2.16. The van der Waals surface area contributed by atoms with Crippen LogP contribution < -0.4 is 5.32 Å². The number of hydrogen-bond donors (Lipinski definition) is 2. The Balaban J connectivity index is 1.80. The molecule has 0 aliphatic heterocycles. The lowest BCUT2D eigenvalue weighted by atomic mass is 10.1. The SMILES string of the molecule is CC(C)Cn1ncc2cc(C(=O)NC(CO)c3ccccc3)cnc21. The number of carbonyl (C=O) groups excluding carboxylic acids is 1. The first-order valence-electron chi connectivity index (χ1n) is 8.36. The number of amides is 1. The molecule has 1 atom stereocenters. The van der Waals surface area contributed by atoms with E-state index in [1.165, 1.54) is 0 Å². The van der Waals surface area contributed by atoms with E-state index >= 15 is 0 Å². The average Bonchev–Trinajstić information content (AvgIpc) is 3.01. The molecule has 0 saturated carbocycles. The molecule has 1 unspecified atom stereocenters. The van der Waals surface area contributed by atoms with E-state index in [2.05, 4.69) is 29.2 Å². The third-order valence-corrected chi connectivity index (χ3v) is 3.97. The number of benzene rings is 1. The van der Waals surface area contributed by atoms with Crippen LogP contribution in [-0.4, -0.2) is 32.4 Å². The summed E-state index contributed by atoms with van der Waals surface area (Å²) in [6, 6.07) is 10.7. The van der Waals surface area contributed by atoms with Gasteiger partial charge in [0.15, 0.2) is 5.65 Å². The van der Waals surface area contributed by atoms with Crippen LogP contribution in [0.25, 0.3) is 11.0 Å². The molecular weight excluding hydrogens is 316 g/mol. The van der Waals surface area contributed by atoms with Gasteiger partial charge in [0, 0.05) is 18.1 Å². The summed E-state index contributed by atoms with van der Waals surface area (Å²) < 4.78 is 1.85. The van der Waals surface area contributed by atoms with Gasteiger partial charge in [0.2, 0.25) is 0 Å². The molecule has 0 radical (unpaired) electrons. The molecule has 25 heavy (non-hydrogen) atoms. The fraction of sp³-hybridized carbons (Fsp3) is 0.316. The molecule has 3 aromatic rings. The van der Waals surface area contributed by atoms with Gasteiger partial charge in [-0.2, -0.15) is 5.10 Å². The van der Waals surface area contributed by atoms with Crippen molar-refractivity contribution >= 4 is 16.9 Å². The van der Waals surface area contributed by atoms with Crippen molar-refractivity contribution in [3.05, 3.63) is 59.9 Å². The Labute approximate surface area is 146 Å². The Morgan fingerprint density at radius 3 is 2.68 bits per heavy atom. The standard InChI is InChI=1S/C19H22N4O2/c1-13(2)11-23-18-15(10-21-23)8-16(9-20-18)19(25)22-17(12-24)14-6-4-3-5-7-14/h3-10,13,17,24H,11-12H2,1-2H3,(H,22,25). The van der Waals surface area contributed by atoms with Gasteiger partial charge in [-0.15, -0.1) is 0 Å². The molecule has 0 saturated heterocycles. The number of aliphatic hydroxyl groups excluding tert-OH is 1. The van der Waals surface area contributed by atoms with Crippen LogP contribution in [0.1, 0.15) is 35.8 Å². The van der Waals surface area contributed by atoms with E-state index in [0.717, 1.165) is 23.1 Å². The highest BCUT2D eigenvalue weighted by Gasteiger charge is 2.16. The second-order valence-corrected chi connectivity index (χ2v) is 6.48. The number of nitrogens with zero attached hydrogens (tertiary/aromatic N) is 3. The topological polar surface area (TPSA) is 80.0 Å². The zero-order chi connectivity index (χ0) is 17.8. The van der Waals surface area contributed by atoms with Crippen LogP contribution in [0.2, 0.25) is 0 Å². The summed E-state index contributed by atoms with van der Waals surface area (Å²) >= 11 is 0. The molecule has 6 nitrogen and oxygen atoms in total. The second kappa shape index (κ2) is 7.44. The first-order valence-corrected chi connectivity index (χ1v) is 8.36. The van der Waals surface area contributed by atoms with Gasteiger partial charge in [-0.25, -0.2) is 9.67 Å². The van der Waals surface area contributed by atoms with Crippen LogP contribution in [0.4, 0.5) is 0 Å². The molecule has 130 valence electrons. The van der Waals surface area contributed by atoms with Gasteiger partial charge in [-0.1, -0.05) is 44.2 Å². The van der Waals surface area contributed by atoms with Crippen molar-refractivity contribution in [3.63, 3.8) is 0 Å². The number of fused-ring (bicyclic) bond motifs is 1. The van der Waals surface area contributed by atoms with Crippen LogP contribution in [0.15, 0.2) is 48.8 Å². The predicted molar refractivity (Wildman–Crippen MR) is 96.1 cm³/mol. The largest absolute Gasteiger partial charge is 0.394 e. The molecule has 6 heteroatoms. The smallest absolute Gasteiger partial charge is 0.253 e. The van der Waals surface area contributed by atoms with E-state index in [0.29, 0.717) is 11.5 Å². The predicted octanol–water partition coefficient (Wildman–Crippen LogP) is 2.55. The van der Waals surface area contributed by atoms with Crippen molar-refractivity contribution in [3.8, 4) is 0 Å². The Kier molecular flexibility index (Phi) is 5.09. The molecule has 2 heterocycles. The Morgan fingerprint density at radius 1 is 1.24 bits per heavy atom. The number of hydrogen-bond acceptors (Lipinski definition) is 4. The highest BCUT2D eigenvalue weighted by molar-refractivity contribution is 5.97. The molecule has 3 rings (SSSR count). The number of pyridine rings is 1. The van der Waals surface area contributed by atoms with Crippen molar-refractivity contribution in [2.45, 2.75) is 26.4 Å². The fourth-order valence-electron chi connectivity index (χ4n) is 2.74. The number of carbonyl (C=O) groups is 1. The normalized spacial score (nSPS) is 12.5. The maximum atomic E-state index is 12.5. The average molecular weight is 338 g/mol. The van der Waals surface area contributed by atoms with E-state index in [-0.39, 0.29) is 12.5 Å². The number of aromatic nitrogens is 3. The second-order valence-electron chi connectivity index (χ2n) is 6.48. The Morgan fingerprint density at radius 2 is 2.00 bits per heavy atom. The Bertz CT molecular complexity index is 858. The zero-order valence-corrected chi connectivity index (χ0v) is 14.4. The molecule has 0 fully saturated rings. The lowest BCUT2D eigenvalue weighted by Crippen LogP contribution is -2.30. The minimum atomic E-state index is -0.451. The molecule has 2 aromatic heterocycles. The summed E-state index contributed by atoms with van der Waals surface area (Å²) in [5.41, 5.74) is 2.08. The van der Waals surface area contributed by atoms with Gasteiger partial charge < -0.3 is 10.4 Å².